The number of carbonyl (C=O) groups excluding carboxylic acids is 5. The highest BCUT2D eigenvalue weighted by molar-refractivity contribution is 7.10. The fourth-order valence-corrected chi connectivity index (χ4v) is 6.98. The molecule has 2 aliphatic rings. The number of hydrogen-bond donors (Lipinski definition) is 3. The van der Waals surface area contributed by atoms with Crippen LogP contribution in [0.15, 0.2) is 60.1 Å². The van der Waals surface area contributed by atoms with Crippen molar-refractivity contribution in [3.8, 4) is 11.3 Å². The van der Waals surface area contributed by atoms with Crippen LogP contribution in [0.3, 0.4) is 0 Å². The molecular formula is C36H40ClN5O5S. The molecule has 1 aromatic heterocycles. The van der Waals surface area contributed by atoms with Crippen LogP contribution < -0.4 is 16.0 Å². The molecule has 0 radical (unpaired) electrons. The Hall–Kier alpha value is -4.35. The van der Waals surface area contributed by atoms with E-state index in [0.29, 0.717) is 72.6 Å². The smallest absolute Gasteiger partial charge is 0.255 e. The van der Waals surface area contributed by atoms with Crippen LogP contribution in [0.4, 0.5) is 5.69 Å². The maximum absolute atomic E-state index is 13.2. The van der Waals surface area contributed by atoms with Crippen LogP contribution in [-0.4, -0.2) is 51.9 Å². The van der Waals surface area contributed by atoms with Gasteiger partial charge < -0.3 is 20.9 Å². The molecule has 1 fully saturated rings. The standard InChI is InChI=1S/C36H40ClN5O5S/c1-23-9-7-15-31(35(46)39-23)42-21-27-25(36(42)47)12-8-14-29(27)40-33(45)17-16-24(43)10-3-2-6-20-38-32(44)18-19-34-41-30(22-48-34)26-11-4-5-13-28(26)37/h4-5,8,11-14,22,31H,1-3,6-7,9-10,15-21H2,(H,38,44)(H,39,46)(H,40,45)/t31-/m0/s1. The van der Waals surface area contributed by atoms with Crippen LogP contribution in [0.5, 0.6) is 0 Å². The molecule has 5 rings (SSSR count). The highest BCUT2D eigenvalue weighted by atomic mass is 35.5. The van der Waals surface area contributed by atoms with E-state index in [4.69, 9.17) is 11.6 Å². The summed E-state index contributed by atoms with van der Waals surface area (Å²) in [6.07, 6.45) is 5.67. The van der Waals surface area contributed by atoms with Gasteiger partial charge in [0.2, 0.25) is 17.7 Å². The zero-order valence-corrected chi connectivity index (χ0v) is 28.4. The minimum Gasteiger partial charge on any atom is -0.356 e. The number of anilines is 1. The molecule has 12 heteroatoms. The van der Waals surface area contributed by atoms with Gasteiger partial charge in [0.25, 0.3) is 5.91 Å². The third-order valence-corrected chi connectivity index (χ3v) is 9.80. The molecule has 0 saturated carbocycles. The van der Waals surface area contributed by atoms with E-state index < -0.39 is 6.04 Å². The lowest BCUT2D eigenvalue weighted by atomic mass is 10.1. The number of thiazole rings is 1. The number of nitrogens with one attached hydrogen (secondary N) is 3. The van der Waals surface area contributed by atoms with Crippen molar-refractivity contribution in [2.24, 2.45) is 0 Å². The number of aromatic nitrogens is 1. The minimum atomic E-state index is -0.592. The Morgan fingerprint density at radius 1 is 0.979 bits per heavy atom. The second-order valence-corrected chi connectivity index (χ2v) is 13.5. The zero-order valence-electron chi connectivity index (χ0n) is 26.8. The molecule has 1 atom stereocenters. The number of halogens is 1. The maximum atomic E-state index is 13.2. The molecule has 48 heavy (non-hydrogen) atoms. The Labute approximate surface area is 289 Å². The average molecular weight is 690 g/mol. The highest BCUT2D eigenvalue weighted by Crippen LogP contribution is 2.33. The number of hydrogen-bond acceptors (Lipinski definition) is 7. The molecule has 2 aromatic carbocycles. The Bertz CT molecular complexity index is 1710. The monoisotopic (exact) mass is 689 g/mol. The van der Waals surface area contributed by atoms with Crippen molar-refractivity contribution in [3.63, 3.8) is 0 Å². The van der Waals surface area contributed by atoms with Crippen LogP contribution in [-0.2, 0) is 32.1 Å². The van der Waals surface area contributed by atoms with Crippen LogP contribution in [0.2, 0.25) is 5.02 Å². The first kappa shape index (κ1) is 35.0. The fourth-order valence-electron chi connectivity index (χ4n) is 5.95. The molecule has 10 nitrogen and oxygen atoms in total. The fraction of sp³-hybridized carbons (Fsp3) is 0.389. The van der Waals surface area contributed by atoms with Crippen LogP contribution in [0, 0.1) is 0 Å². The molecule has 0 bridgehead atoms. The number of ketones is 1. The predicted octanol–water partition coefficient (Wildman–Crippen LogP) is 6.20. The van der Waals surface area contributed by atoms with Crippen molar-refractivity contribution < 1.29 is 24.0 Å². The van der Waals surface area contributed by atoms with E-state index in [1.165, 1.54) is 11.3 Å². The number of fused-ring (bicyclic) bond motifs is 1. The normalized spacial score (nSPS) is 15.9. The van der Waals surface area contributed by atoms with Crippen molar-refractivity contribution in [1.82, 2.24) is 20.5 Å². The van der Waals surface area contributed by atoms with Gasteiger partial charge in [0.15, 0.2) is 0 Å². The lowest BCUT2D eigenvalue weighted by molar-refractivity contribution is -0.125. The van der Waals surface area contributed by atoms with Gasteiger partial charge >= 0.3 is 0 Å². The van der Waals surface area contributed by atoms with Gasteiger partial charge in [-0.1, -0.05) is 48.9 Å². The second-order valence-electron chi connectivity index (χ2n) is 12.1. The first-order valence-electron chi connectivity index (χ1n) is 16.4. The van der Waals surface area contributed by atoms with Crippen molar-refractivity contribution in [2.45, 2.75) is 83.2 Å². The van der Waals surface area contributed by atoms with Gasteiger partial charge in [-0.2, -0.15) is 0 Å². The van der Waals surface area contributed by atoms with Gasteiger partial charge in [0.1, 0.15) is 11.8 Å². The summed E-state index contributed by atoms with van der Waals surface area (Å²) in [5.41, 5.74) is 4.02. The molecule has 4 amide bonds. The Morgan fingerprint density at radius 2 is 1.79 bits per heavy atom. The van der Waals surface area contributed by atoms with E-state index in [1.807, 2.05) is 29.6 Å². The number of amides is 4. The molecule has 2 aliphatic heterocycles. The third-order valence-electron chi connectivity index (χ3n) is 8.56. The zero-order chi connectivity index (χ0) is 34.0. The van der Waals surface area contributed by atoms with Gasteiger partial charge in [-0.3, -0.25) is 24.0 Å². The molecule has 0 spiro atoms. The number of aryl methyl sites for hydroxylation is 1. The summed E-state index contributed by atoms with van der Waals surface area (Å²) in [4.78, 5) is 69.5. The molecule has 0 aliphatic carbocycles. The van der Waals surface area contributed by atoms with Gasteiger partial charge in [0.05, 0.1) is 10.7 Å². The lowest BCUT2D eigenvalue weighted by Crippen LogP contribution is -2.45. The van der Waals surface area contributed by atoms with Crippen molar-refractivity contribution >= 4 is 58.0 Å². The van der Waals surface area contributed by atoms with Crippen molar-refractivity contribution in [3.05, 3.63) is 81.3 Å². The molecule has 1 saturated heterocycles. The van der Waals surface area contributed by atoms with E-state index in [9.17, 15) is 24.0 Å². The molecule has 252 valence electrons. The number of allylic oxidation sites excluding steroid dienone is 1. The van der Waals surface area contributed by atoms with Crippen LogP contribution >= 0.6 is 22.9 Å². The topological polar surface area (TPSA) is 138 Å². The molecule has 0 unspecified atom stereocenters. The van der Waals surface area contributed by atoms with E-state index >= 15 is 0 Å². The predicted molar refractivity (Wildman–Crippen MR) is 186 cm³/mol. The SMILES string of the molecule is C=C1CCC[C@H](N2Cc3c(NC(=O)CCC(=O)CCCCCNC(=O)CCc4nc(-c5ccccc5Cl)cs4)cccc3C2=O)C(=O)N1. The Morgan fingerprint density at radius 3 is 2.62 bits per heavy atom. The molecule has 3 N–H and O–H groups in total. The summed E-state index contributed by atoms with van der Waals surface area (Å²) in [6.45, 7) is 4.62. The molecular weight excluding hydrogens is 650 g/mol. The van der Waals surface area contributed by atoms with E-state index in [2.05, 4.69) is 27.5 Å². The largest absolute Gasteiger partial charge is 0.356 e. The molecule has 3 aromatic rings. The van der Waals surface area contributed by atoms with E-state index in [1.54, 1.807) is 23.1 Å². The number of carbonyl (C=O) groups is 5. The summed E-state index contributed by atoms with van der Waals surface area (Å²) in [5.74, 6) is -0.794. The number of nitrogens with zero attached hydrogens (tertiary/aromatic N) is 2. The number of Topliss-reactive ketones (excluding diaryl/α,β-unsaturated/α-hetero) is 1. The summed E-state index contributed by atoms with van der Waals surface area (Å²) in [7, 11) is 0. The Kier molecular flexibility index (Phi) is 12.1. The maximum Gasteiger partial charge on any atom is 0.255 e. The van der Waals surface area contributed by atoms with E-state index in [0.717, 1.165) is 35.5 Å². The number of benzene rings is 2. The highest BCUT2D eigenvalue weighted by Gasteiger charge is 2.38. The number of rotatable bonds is 15. The first-order chi connectivity index (χ1) is 23.2. The van der Waals surface area contributed by atoms with Crippen LogP contribution in [0.25, 0.3) is 11.3 Å². The van der Waals surface area contributed by atoms with Crippen LogP contribution in [0.1, 0.15) is 85.1 Å². The Balaban J connectivity index is 0.955. The van der Waals surface area contributed by atoms with E-state index in [-0.39, 0.29) is 48.8 Å². The van der Waals surface area contributed by atoms with Gasteiger partial charge in [-0.15, -0.1) is 11.3 Å². The summed E-state index contributed by atoms with van der Waals surface area (Å²) < 4.78 is 0. The van der Waals surface area contributed by atoms with Gasteiger partial charge in [-0.05, 0) is 50.3 Å². The van der Waals surface area contributed by atoms with Gasteiger partial charge in [-0.25, -0.2) is 4.98 Å². The second kappa shape index (κ2) is 16.7. The summed E-state index contributed by atoms with van der Waals surface area (Å²) in [6, 6.07) is 12.1. The van der Waals surface area contributed by atoms with Crippen molar-refractivity contribution in [2.75, 3.05) is 11.9 Å². The van der Waals surface area contributed by atoms with Crippen molar-refractivity contribution in [1.29, 1.82) is 0 Å². The summed E-state index contributed by atoms with van der Waals surface area (Å²) >= 11 is 7.77. The third kappa shape index (κ3) is 9.17. The number of unbranched alkanes of at least 4 members (excludes halogenated alkanes) is 2. The molecule has 3 heterocycles. The minimum absolute atomic E-state index is 0.00870. The lowest BCUT2D eigenvalue weighted by Gasteiger charge is -2.25. The average Bonchev–Trinajstić information content (AvgIpc) is 3.63. The summed E-state index contributed by atoms with van der Waals surface area (Å²) in [5, 5.41) is 12.1. The quantitative estimate of drug-likeness (QED) is 0.163. The van der Waals surface area contributed by atoms with Gasteiger partial charge in [0, 0.05) is 83.7 Å². The first-order valence-corrected chi connectivity index (χ1v) is 17.6.